The van der Waals surface area contributed by atoms with Crippen LogP contribution in [-0.2, 0) is 4.79 Å². The normalized spacial score (nSPS) is 34.0. The molecule has 2 unspecified atom stereocenters. The molecule has 3 fully saturated rings. The Morgan fingerprint density at radius 2 is 2.10 bits per heavy atom. The first-order valence-corrected chi connectivity index (χ1v) is 9.15. The van der Waals surface area contributed by atoms with Gasteiger partial charge in [0.1, 0.15) is 0 Å². The summed E-state index contributed by atoms with van der Waals surface area (Å²) in [5.74, 6) is 2.62. The Morgan fingerprint density at radius 1 is 1.33 bits per heavy atom. The zero-order valence-corrected chi connectivity index (χ0v) is 14.6. The van der Waals surface area contributed by atoms with Gasteiger partial charge in [0.2, 0.25) is 5.91 Å². The second-order valence-corrected chi connectivity index (χ2v) is 8.03. The third-order valence-corrected chi connectivity index (χ3v) is 5.96. The minimum Gasteiger partial charge on any atom is -0.340 e. The van der Waals surface area contributed by atoms with Gasteiger partial charge >= 0.3 is 0 Å². The van der Waals surface area contributed by atoms with Gasteiger partial charge in [-0.3, -0.25) is 9.69 Å². The fourth-order valence-electron chi connectivity index (χ4n) is 3.78. The van der Waals surface area contributed by atoms with Gasteiger partial charge < -0.3 is 10.2 Å². The van der Waals surface area contributed by atoms with Gasteiger partial charge in [0.25, 0.3) is 0 Å². The fraction of sp³-hybridized carbons (Fsp3) is 0.933. The summed E-state index contributed by atoms with van der Waals surface area (Å²) in [6.45, 7) is 8.69. The van der Waals surface area contributed by atoms with Crippen molar-refractivity contribution in [3.63, 3.8) is 0 Å². The van der Waals surface area contributed by atoms with Crippen molar-refractivity contribution in [1.29, 1.82) is 0 Å². The first-order chi connectivity index (χ1) is 9.68. The van der Waals surface area contributed by atoms with Crippen LogP contribution in [0.15, 0.2) is 0 Å². The standard InChI is InChI=1S/C15H27N3OS.ClH/c1-15(4-5-16-11-15)12-18-6-2-3-13(18)14(19)17-7-9-20-10-8-17;/h13,16H,2-12H2,1H3;1H. The van der Waals surface area contributed by atoms with E-state index in [2.05, 4.69) is 22.0 Å². The number of halogens is 1. The zero-order valence-electron chi connectivity index (χ0n) is 13.0. The van der Waals surface area contributed by atoms with Crippen molar-refractivity contribution >= 4 is 30.1 Å². The monoisotopic (exact) mass is 333 g/mol. The average molecular weight is 334 g/mol. The maximum absolute atomic E-state index is 12.7. The molecule has 0 aromatic carbocycles. The Balaban J connectivity index is 0.00000161. The van der Waals surface area contributed by atoms with Crippen LogP contribution in [0.2, 0.25) is 0 Å². The summed E-state index contributed by atoms with van der Waals surface area (Å²) >= 11 is 1.97. The first-order valence-electron chi connectivity index (χ1n) is 7.99. The number of likely N-dealkylation sites (tertiary alicyclic amines) is 1. The quantitative estimate of drug-likeness (QED) is 0.848. The van der Waals surface area contributed by atoms with Crippen molar-refractivity contribution in [2.75, 3.05) is 50.8 Å². The van der Waals surface area contributed by atoms with E-state index in [1.807, 2.05) is 11.8 Å². The third kappa shape index (κ3) is 4.06. The van der Waals surface area contributed by atoms with Crippen molar-refractivity contribution in [3.8, 4) is 0 Å². The van der Waals surface area contributed by atoms with Gasteiger partial charge in [0.05, 0.1) is 6.04 Å². The summed E-state index contributed by atoms with van der Waals surface area (Å²) in [6, 6.07) is 0.163. The van der Waals surface area contributed by atoms with Crippen LogP contribution in [0, 0.1) is 5.41 Å². The lowest BCUT2D eigenvalue weighted by Gasteiger charge is -2.36. The van der Waals surface area contributed by atoms with E-state index in [0.717, 1.165) is 57.2 Å². The lowest BCUT2D eigenvalue weighted by Crippen LogP contribution is -2.50. The molecule has 2 atom stereocenters. The van der Waals surface area contributed by atoms with Crippen molar-refractivity contribution < 1.29 is 4.79 Å². The lowest BCUT2D eigenvalue weighted by atomic mass is 9.89. The molecule has 3 rings (SSSR count). The summed E-state index contributed by atoms with van der Waals surface area (Å²) < 4.78 is 0. The maximum Gasteiger partial charge on any atom is 0.239 e. The van der Waals surface area contributed by atoms with Crippen LogP contribution in [0.3, 0.4) is 0 Å². The van der Waals surface area contributed by atoms with Gasteiger partial charge in [-0.05, 0) is 37.8 Å². The number of rotatable bonds is 3. The number of nitrogens with zero attached hydrogens (tertiary/aromatic N) is 2. The minimum absolute atomic E-state index is 0. The molecular weight excluding hydrogens is 306 g/mol. The predicted molar refractivity (Wildman–Crippen MR) is 91.3 cm³/mol. The Labute approximate surface area is 138 Å². The van der Waals surface area contributed by atoms with Gasteiger partial charge in [-0.1, -0.05) is 6.92 Å². The van der Waals surface area contributed by atoms with Gasteiger partial charge in [-0.15, -0.1) is 12.4 Å². The Hall–Kier alpha value is 0.0300. The highest BCUT2D eigenvalue weighted by Gasteiger charge is 2.39. The lowest BCUT2D eigenvalue weighted by molar-refractivity contribution is -0.136. The second kappa shape index (κ2) is 7.53. The Bertz CT molecular complexity index is 357. The molecular formula is C15H28ClN3OS. The highest BCUT2D eigenvalue weighted by Crippen LogP contribution is 2.30. The highest BCUT2D eigenvalue weighted by atomic mass is 35.5. The molecule has 1 N–H and O–H groups in total. The molecule has 3 aliphatic rings. The van der Waals surface area contributed by atoms with Crippen LogP contribution in [0.25, 0.3) is 0 Å². The van der Waals surface area contributed by atoms with Crippen molar-refractivity contribution in [3.05, 3.63) is 0 Å². The van der Waals surface area contributed by atoms with E-state index in [1.165, 1.54) is 12.8 Å². The molecule has 0 aliphatic carbocycles. The molecule has 0 spiro atoms. The molecule has 122 valence electrons. The summed E-state index contributed by atoms with van der Waals surface area (Å²) in [5.41, 5.74) is 0.362. The van der Waals surface area contributed by atoms with E-state index in [4.69, 9.17) is 0 Å². The zero-order chi connectivity index (χ0) is 14.0. The third-order valence-electron chi connectivity index (χ3n) is 5.01. The molecule has 0 bridgehead atoms. The summed E-state index contributed by atoms with van der Waals surface area (Å²) in [5, 5.41) is 3.47. The number of carbonyl (C=O) groups is 1. The Morgan fingerprint density at radius 3 is 2.76 bits per heavy atom. The van der Waals surface area contributed by atoms with Gasteiger partial charge in [0.15, 0.2) is 0 Å². The van der Waals surface area contributed by atoms with Gasteiger partial charge in [-0.2, -0.15) is 11.8 Å². The van der Waals surface area contributed by atoms with E-state index >= 15 is 0 Å². The highest BCUT2D eigenvalue weighted by molar-refractivity contribution is 7.99. The van der Waals surface area contributed by atoms with Crippen LogP contribution in [-0.4, -0.2) is 72.5 Å². The number of nitrogens with one attached hydrogen (secondary N) is 1. The van der Waals surface area contributed by atoms with E-state index < -0.39 is 0 Å². The topological polar surface area (TPSA) is 35.6 Å². The minimum atomic E-state index is 0. The SMILES string of the molecule is CC1(CN2CCCC2C(=O)N2CCSCC2)CCNC1.Cl. The molecule has 3 heterocycles. The number of hydrogen-bond donors (Lipinski definition) is 1. The molecule has 0 saturated carbocycles. The van der Waals surface area contributed by atoms with E-state index in [9.17, 15) is 4.79 Å². The summed E-state index contributed by atoms with van der Waals surface area (Å²) in [6.07, 6.45) is 3.49. The molecule has 6 heteroatoms. The molecule has 0 radical (unpaired) electrons. The number of hydrogen-bond acceptors (Lipinski definition) is 4. The molecule has 0 aromatic heterocycles. The van der Waals surface area contributed by atoms with Gasteiger partial charge in [-0.25, -0.2) is 0 Å². The molecule has 1 amide bonds. The van der Waals surface area contributed by atoms with Crippen LogP contribution < -0.4 is 5.32 Å². The van der Waals surface area contributed by atoms with Gasteiger partial charge in [0, 0.05) is 37.7 Å². The van der Waals surface area contributed by atoms with Crippen LogP contribution in [0.1, 0.15) is 26.2 Å². The largest absolute Gasteiger partial charge is 0.340 e. The van der Waals surface area contributed by atoms with E-state index in [1.54, 1.807) is 0 Å². The smallest absolute Gasteiger partial charge is 0.239 e. The predicted octanol–water partition coefficient (Wildman–Crippen LogP) is 1.45. The van der Waals surface area contributed by atoms with Crippen molar-refractivity contribution in [2.45, 2.75) is 32.2 Å². The van der Waals surface area contributed by atoms with Crippen LogP contribution in [0.5, 0.6) is 0 Å². The molecule has 21 heavy (non-hydrogen) atoms. The van der Waals surface area contributed by atoms with Crippen molar-refractivity contribution in [2.24, 2.45) is 5.41 Å². The summed E-state index contributed by atoms with van der Waals surface area (Å²) in [7, 11) is 0. The fourth-order valence-corrected chi connectivity index (χ4v) is 4.69. The van der Waals surface area contributed by atoms with Crippen molar-refractivity contribution in [1.82, 2.24) is 15.1 Å². The average Bonchev–Trinajstić information content (AvgIpc) is 3.09. The molecule has 3 saturated heterocycles. The Kier molecular flexibility index (Phi) is 6.24. The molecule has 0 aromatic rings. The molecule has 4 nitrogen and oxygen atoms in total. The van der Waals surface area contributed by atoms with E-state index in [-0.39, 0.29) is 18.4 Å². The van der Waals surface area contributed by atoms with Crippen LogP contribution in [0.4, 0.5) is 0 Å². The first kappa shape index (κ1) is 17.4. The maximum atomic E-state index is 12.7. The number of thioether (sulfide) groups is 1. The number of carbonyl (C=O) groups excluding carboxylic acids is 1. The van der Waals surface area contributed by atoms with Crippen LogP contribution >= 0.6 is 24.2 Å². The van der Waals surface area contributed by atoms with E-state index in [0.29, 0.717) is 11.3 Å². The second-order valence-electron chi connectivity index (χ2n) is 6.80. The molecule has 3 aliphatic heterocycles. The summed E-state index contributed by atoms with van der Waals surface area (Å²) in [4.78, 5) is 17.3. The number of amides is 1.